The van der Waals surface area contributed by atoms with Gasteiger partial charge in [0, 0.05) is 24.7 Å². The number of aromatic nitrogens is 1. The third-order valence-corrected chi connectivity index (χ3v) is 6.65. The summed E-state index contributed by atoms with van der Waals surface area (Å²) in [6.45, 7) is -3.42. The second kappa shape index (κ2) is 9.17. The molecule has 0 saturated carbocycles. The molecule has 1 aromatic heterocycles. The molecule has 1 fully saturated rings. The van der Waals surface area contributed by atoms with Gasteiger partial charge in [0.2, 0.25) is 11.7 Å². The lowest BCUT2D eigenvalue weighted by Gasteiger charge is -2.36. The molecule has 1 aromatic carbocycles. The van der Waals surface area contributed by atoms with E-state index in [1.807, 2.05) is 0 Å². The number of hydrogen-bond donors (Lipinski definition) is 2. The van der Waals surface area contributed by atoms with E-state index in [1.165, 1.54) is 6.07 Å². The van der Waals surface area contributed by atoms with Crippen LogP contribution in [0.4, 0.5) is 42.1 Å². The van der Waals surface area contributed by atoms with Crippen LogP contribution in [0.2, 0.25) is 0 Å². The van der Waals surface area contributed by atoms with Crippen molar-refractivity contribution in [1.29, 1.82) is 4.78 Å². The van der Waals surface area contributed by atoms with E-state index in [0.717, 1.165) is 36.4 Å². The van der Waals surface area contributed by atoms with Gasteiger partial charge >= 0.3 is 12.8 Å². The summed E-state index contributed by atoms with van der Waals surface area (Å²) in [6, 6.07) is 1.36. The number of pyridine rings is 1. The highest BCUT2D eigenvalue weighted by Gasteiger charge is 2.63. The molecule has 15 heteroatoms. The highest BCUT2D eigenvalue weighted by Crippen LogP contribution is 2.52. The minimum atomic E-state index is -4.96. The van der Waals surface area contributed by atoms with E-state index in [-0.39, 0.29) is 10.7 Å². The molecular weight excluding hydrogens is 509 g/mol. The molecule has 0 spiro atoms. The van der Waals surface area contributed by atoms with Crippen LogP contribution >= 0.6 is 0 Å². The van der Waals surface area contributed by atoms with E-state index in [4.69, 9.17) is 4.78 Å². The molecule has 2 N–H and O–H groups in total. The van der Waals surface area contributed by atoms with E-state index < -0.39 is 75.9 Å². The Bertz CT molecular complexity index is 1240. The van der Waals surface area contributed by atoms with Crippen LogP contribution in [-0.2, 0) is 14.5 Å². The quantitative estimate of drug-likeness (QED) is 0.527. The zero-order valence-electron chi connectivity index (χ0n) is 18.1. The zero-order valence-corrected chi connectivity index (χ0v) is 18.9. The standard InChI is InChI=1S/C20H19F7N4O3S/c1-19(20(25,26)27)6-8-31(12-4-3-11(21)14(22)15(12)34-18(23)24)16(19)17(32)30-10-5-7-29-13(9-10)35(2,28)33/h3-5,7,9,16,18,28H,6,8H2,1-2H3,(H,29,30,32)/t16-,19?,35+/m0/s1. The number of hydrogen-bond acceptors (Lipinski definition) is 6. The number of nitrogens with one attached hydrogen (secondary N) is 2. The summed E-state index contributed by atoms with van der Waals surface area (Å²) in [7, 11) is -3.32. The van der Waals surface area contributed by atoms with Crippen LogP contribution in [0.5, 0.6) is 5.75 Å². The van der Waals surface area contributed by atoms with E-state index in [0.29, 0.717) is 6.07 Å². The first-order valence-corrected chi connectivity index (χ1v) is 11.8. The molecule has 35 heavy (non-hydrogen) atoms. The lowest BCUT2D eigenvalue weighted by atomic mass is 9.81. The van der Waals surface area contributed by atoms with Crippen molar-refractivity contribution in [3.63, 3.8) is 0 Å². The Morgan fingerprint density at radius 2 is 1.97 bits per heavy atom. The number of carbonyl (C=O) groups excluding carboxylic acids is 1. The predicted octanol–water partition coefficient (Wildman–Crippen LogP) is 4.78. The van der Waals surface area contributed by atoms with Crippen LogP contribution in [0.3, 0.4) is 0 Å². The van der Waals surface area contributed by atoms with Crippen molar-refractivity contribution in [2.24, 2.45) is 5.41 Å². The molecule has 3 rings (SSSR count). The molecule has 1 saturated heterocycles. The SMILES string of the molecule is CC1(C(F)(F)F)CCN(c2ccc(F)c(F)c2OC(F)F)[C@H]1C(=O)Nc1ccnc([S@](C)(=N)=O)c1. The number of carbonyl (C=O) groups is 1. The first kappa shape index (κ1) is 26.5. The van der Waals surface area contributed by atoms with Gasteiger partial charge in [0.05, 0.1) is 20.8 Å². The van der Waals surface area contributed by atoms with Crippen molar-refractivity contribution >= 4 is 27.0 Å². The average molecular weight is 528 g/mol. The van der Waals surface area contributed by atoms with Gasteiger partial charge in [-0.05, 0) is 37.6 Å². The Hall–Kier alpha value is -3.10. The number of benzene rings is 1. The molecule has 3 atom stereocenters. The smallest absolute Gasteiger partial charge is 0.396 e. The predicted molar refractivity (Wildman–Crippen MR) is 111 cm³/mol. The fraction of sp³-hybridized carbons (Fsp3) is 0.400. The molecule has 1 aliphatic rings. The van der Waals surface area contributed by atoms with Crippen LogP contribution in [0.25, 0.3) is 0 Å². The molecule has 1 aliphatic heterocycles. The number of ether oxygens (including phenoxy) is 1. The minimum Gasteiger partial charge on any atom is -0.429 e. The number of nitrogens with zero attached hydrogens (tertiary/aromatic N) is 2. The van der Waals surface area contributed by atoms with E-state index >= 15 is 0 Å². The normalized spacial score (nSPS) is 22.2. The van der Waals surface area contributed by atoms with Crippen molar-refractivity contribution in [2.75, 3.05) is 23.0 Å². The summed E-state index contributed by atoms with van der Waals surface area (Å²) < 4.78 is 120. The zero-order chi connectivity index (χ0) is 26.3. The van der Waals surface area contributed by atoms with Crippen molar-refractivity contribution in [1.82, 2.24) is 4.98 Å². The summed E-state index contributed by atoms with van der Waals surface area (Å²) in [6.07, 6.45) is -3.51. The average Bonchev–Trinajstić information content (AvgIpc) is 3.09. The molecule has 0 bridgehead atoms. The number of rotatable bonds is 6. The molecule has 192 valence electrons. The molecule has 0 radical (unpaired) electrons. The van der Waals surface area contributed by atoms with Gasteiger partial charge in [0.25, 0.3) is 0 Å². The fourth-order valence-electron chi connectivity index (χ4n) is 3.81. The van der Waals surface area contributed by atoms with Gasteiger partial charge in [-0.15, -0.1) is 0 Å². The maximum atomic E-state index is 14.3. The van der Waals surface area contributed by atoms with Gasteiger partial charge in [-0.25, -0.2) is 18.4 Å². The van der Waals surface area contributed by atoms with Gasteiger partial charge in [-0.3, -0.25) is 4.79 Å². The Labute approximate surface area is 195 Å². The monoisotopic (exact) mass is 528 g/mol. The van der Waals surface area contributed by atoms with Gasteiger partial charge in [0.15, 0.2) is 11.6 Å². The van der Waals surface area contributed by atoms with Gasteiger partial charge < -0.3 is 15.0 Å². The maximum Gasteiger partial charge on any atom is 0.396 e. The molecule has 1 unspecified atom stereocenters. The molecule has 1 amide bonds. The number of amides is 1. The Morgan fingerprint density at radius 3 is 2.54 bits per heavy atom. The van der Waals surface area contributed by atoms with Gasteiger partial charge in [-0.1, -0.05) is 0 Å². The number of anilines is 2. The highest BCUT2D eigenvalue weighted by molar-refractivity contribution is 7.91. The second-order valence-electron chi connectivity index (χ2n) is 8.06. The van der Waals surface area contributed by atoms with Crippen molar-refractivity contribution in [3.05, 3.63) is 42.1 Å². The summed E-state index contributed by atoms with van der Waals surface area (Å²) in [5, 5.41) is 1.98. The molecule has 2 aromatic rings. The van der Waals surface area contributed by atoms with E-state index in [9.17, 15) is 39.7 Å². The molecular formula is C20H19F7N4O3S. The summed E-state index contributed by atoms with van der Waals surface area (Å²) >= 11 is 0. The summed E-state index contributed by atoms with van der Waals surface area (Å²) in [5.41, 5.74) is -3.53. The molecule has 0 aliphatic carbocycles. The first-order chi connectivity index (χ1) is 16.1. The summed E-state index contributed by atoms with van der Waals surface area (Å²) in [4.78, 5) is 17.6. The van der Waals surface area contributed by atoms with Crippen molar-refractivity contribution in [3.8, 4) is 5.75 Å². The second-order valence-corrected chi connectivity index (χ2v) is 10.2. The van der Waals surface area contributed by atoms with Crippen LogP contribution in [-0.4, -0.2) is 46.7 Å². The minimum absolute atomic E-state index is 0.132. The Morgan fingerprint density at radius 1 is 1.31 bits per heavy atom. The van der Waals surface area contributed by atoms with Gasteiger partial charge in [-0.2, -0.15) is 26.3 Å². The van der Waals surface area contributed by atoms with Crippen molar-refractivity contribution in [2.45, 2.75) is 37.2 Å². The van der Waals surface area contributed by atoms with E-state index in [2.05, 4.69) is 15.0 Å². The third-order valence-electron chi connectivity index (χ3n) is 5.63. The first-order valence-electron chi connectivity index (χ1n) is 9.83. The Kier molecular flexibility index (Phi) is 6.94. The van der Waals surface area contributed by atoms with Crippen LogP contribution in [0.1, 0.15) is 13.3 Å². The largest absolute Gasteiger partial charge is 0.429 e. The molecule has 2 heterocycles. The summed E-state index contributed by atoms with van der Waals surface area (Å²) in [5.74, 6) is -6.03. The number of alkyl halides is 5. The van der Waals surface area contributed by atoms with Crippen molar-refractivity contribution < 1.29 is 44.5 Å². The highest BCUT2D eigenvalue weighted by atomic mass is 32.2. The van der Waals surface area contributed by atoms with E-state index in [1.54, 1.807) is 0 Å². The van der Waals surface area contributed by atoms with Crippen LogP contribution < -0.4 is 15.0 Å². The lowest BCUT2D eigenvalue weighted by molar-refractivity contribution is -0.219. The lowest BCUT2D eigenvalue weighted by Crippen LogP contribution is -2.53. The fourth-order valence-corrected chi connectivity index (χ4v) is 4.42. The van der Waals surface area contributed by atoms with Gasteiger partial charge in [0.1, 0.15) is 11.1 Å². The molecule has 7 nitrogen and oxygen atoms in total. The topological polar surface area (TPSA) is 95.4 Å². The van der Waals surface area contributed by atoms with Crippen LogP contribution in [0.15, 0.2) is 35.5 Å². The number of halogens is 7. The van der Waals surface area contributed by atoms with Crippen LogP contribution in [0, 0.1) is 21.8 Å². The Balaban J connectivity index is 2.10. The maximum absolute atomic E-state index is 14.3. The third kappa shape index (κ3) is 5.13.